The predicted octanol–water partition coefficient (Wildman–Crippen LogP) is 2.76. The van der Waals surface area contributed by atoms with Gasteiger partial charge in [0.1, 0.15) is 5.82 Å². The molecule has 1 saturated heterocycles. The molecule has 1 aromatic carbocycles. The van der Waals surface area contributed by atoms with E-state index >= 15 is 0 Å². The number of hydrogen-bond acceptors (Lipinski definition) is 4. The van der Waals surface area contributed by atoms with Gasteiger partial charge in [0.15, 0.2) is 0 Å². The number of aromatic nitrogens is 2. The van der Waals surface area contributed by atoms with E-state index in [0.717, 1.165) is 38.1 Å². The van der Waals surface area contributed by atoms with E-state index in [9.17, 15) is 9.59 Å². The monoisotopic (exact) mass is 369 g/mol. The number of fused-ring (bicyclic) bond motifs is 2. The van der Waals surface area contributed by atoms with Crippen molar-refractivity contribution < 1.29 is 9.53 Å². The number of benzene rings is 1. The van der Waals surface area contributed by atoms with Crippen molar-refractivity contribution in [3.05, 3.63) is 39.9 Å². The van der Waals surface area contributed by atoms with Gasteiger partial charge < -0.3 is 9.64 Å². The second kappa shape index (κ2) is 7.43. The van der Waals surface area contributed by atoms with E-state index in [1.807, 2.05) is 23.3 Å². The fourth-order valence-corrected chi connectivity index (χ4v) is 4.25. The molecule has 0 saturated carbocycles. The Labute approximate surface area is 159 Å². The summed E-state index contributed by atoms with van der Waals surface area (Å²) in [6, 6.07) is 5.30. The molecule has 0 aliphatic carbocycles. The second-order valence-corrected chi connectivity index (χ2v) is 7.85. The minimum Gasteiger partial charge on any atom is -0.372 e. The first kappa shape index (κ1) is 18.2. The van der Waals surface area contributed by atoms with Gasteiger partial charge in [-0.1, -0.05) is 12.8 Å². The van der Waals surface area contributed by atoms with E-state index in [0.29, 0.717) is 29.6 Å². The summed E-state index contributed by atoms with van der Waals surface area (Å²) in [5.41, 5.74) is 1.24. The van der Waals surface area contributed by atoms with Crippen LogP contribution in [0.4, 0.5) is 0 Å². The molecule has 3 heterocycles. The summed E-state index contributed by atoms with van der Waals surface area (Å²) in [5, 5.41) is 0.597. The second-order valence-electron chi connectivity index (χ2n) is 7.85. The number of nitrogens with zero attached hydrogens (tertiary/aromatic N) is 3. The minimum atomic E-state index is -0.0208. The van der Waals surface area contributed by atoms with Gasteiger partial charge in [0.05, 0.1) is 23.1 Å². The molecule has 2 atom stereocenters. The summed E-state index contributed by atoms with van der Waals surface area (Å²) < 4.78 is 7.55. The number of morpholine rings is 1. The molecule has 2 aliphatic heterocycles. The Balaban J connectivity index is 1.70. The molecule has 1 amide bonds. The summed E-state index contributed by atoms with van der Waals surface area (Å²) in [7, 11) is 0. The van der Waals surface area contributed by atoms with Crippen molar-refractivity contribution in [1.82, 2.24) is 14.5 Å². The SMILES string of the molecule is CC1CN(C(=O)c2ccc3c(=O)n4c(nc3c2)CCCCCC4)CC(C)O1. The van der Waals surface area contributed by atoms with Gasteiger partial charge in [0, 0.05) is 31.6 Å². The van der Waals surface area contributed by atoms with Gasteiger partial charge in [0.2, 0.25) is 0 Å². The van der Waals surface area contributed by atoms with Crippen molar-refractivity contribution in [3.8, 4) is 0 Å². The van der Waals surface area contributed by atoms with Crippen molar-refractivity contribution >= 4 is 16.8 Å². The fourth-order valence-electron chi connectivity index (χ4n) is 4.25. The number of carbonyl (C=O) groups is 1. The zero-order valence-electron chi connectivity index (χ0n) is 16.1. The van der Waals surface area contributed by atoms with Crippen molar-refractivity contribution in [1.29, 1.82) is 0 Å². The maximum absolute atomic E-state index is 13.0. The van der Waals surface area contributed by atoms with Gasteiger partial charge in [-0.05, 0) is 44.9 Å². The number of carbonyl (C=O) groups excluding carboxylic acids is 1. The molecule has 4 rings (SSSR count). The van der Waals surface area contributed by atoms with Gasteiger partial charge in [-0.15, -0.1) is 0 Å². The summed E-state index contributed by atoms with van der Waals surface area (Å²) in [6.45, 7) is 5.87. The molecule has 0 radical (unpaired) electrons. The average Bonchev–Trinajstić information content (AvgIpc) is 2.61. The van der Waals surface area contributed by atoms with Crippen molar-refractivity contribution in [2.45, 2.75) is 64.7 Å². The highest BCUT2D eigenvalue weighted by atomic mass is 16.5. The largest absolute Gasteiger partial charge is 0.372 e. The maximum Gasteiger partial charge on any atom is 0.261 e. The molecule has 2 aliphatic rings. The van der Waals surface area contributed by atoms with E-state index in [4.69, 9.17) is 9.72 Å². The molecule has 27 heavy (non-hydrogen) atoms. The lowest BCUT2D eigenvalue weighted by Crippen LogP contribution is -2.48. The first-order valence-corrected chi connectivity index (χ1v) is 10.0. The van der Waals surface area contributed by atoms with Gasteiger partial charge in [0.25, 0.3) is 11.5 Å². The van der Waals surface area contributed by atoms with Crippen LogP contribution in [0.3, 0.4) is 0 Å². The molecule has 2 unspecified atom stereocenters. The van der Waals surface area contributed by atoms with E-state index < -0.39 is 0 Å². The third-order valence-corrected chi connectivity index (χ3v) is 5.52. The summed E-state index contributed by atoms with van der Waals surface area (Å²) >= 11 is 0. The predicted molar refractivity (Wildman–Crippen MR) is 104 cm³/mol. The van der Waals surface area contributed by atoms with Crippen molar-refractivity contribution in [2.75, 3.05) is 13.1 Å². The van der Waals surface area contributed by atoms with E-state index in [1.54, 1.807) is 18.2 Å². The molecule has 0 bridgehead atoms. The Bertz CT molecular complexity index is 911. The quantitative estimate of drug-likeness (QED) is 0.775. The molecule has 1 aromatic heterocycles. The minimum absolute atomic E-state index is 0.0181. The summed E-state index contributed by atoms with van der Waals surface area (Å²) in [4.78, 5) is 32.5. The molecule has 6 heteroatoms. The highest BCUT2D eigenvalue weighted by molar-refractivity contribution is 5.97. The summed E-state index contributed by atoms with van der Waals surface area (Å²) in [6.07, 6.45) is 5.29. The zero-order chi connectivity index (χ0) is 19.0. The first-order valence-electron chi connectivity index (χ1n) is 10.0. The van der Waals surface area contributed by atoms with E-state index in [2.05, 4.69) is 0 Å². The number of aryl methyl sites for hydroxylation is 1. The first-order chi connectivity index (χ1) is 13.0. The summed E-state index contributed by atoms with van der Waals surface area (Å²) in [5.74, 6) is 0.831. The Morgan fingerprint density at radius 3 is 2.63 bits per heavy atom. The lowest BCUT2D eigenvalue weighted by atomic mass is 10.1. The van der Waals surface area contributed by atoms with Crippen LogP contribution in [0.25, 0.3) is 10.9 Å². The van der Waals surface area contributed by atoms with Crippen LogP contribution < -0.4 is 5.56 Å². The normalized spacial score (nSPS) is 23.6. The van der Waals surface area contributed by atoms with Crippen molar-refractivity contribution in [2.24, 2.45) is 0 Å². The van der Waals surface area contributed by atoms with E-state index in [1.165, 1.54) is 6.42 Å². The number of ether oxygens (including phenoxy) is 1. The average molecular weight is 369 g/mol. The number of rotatable bonds is 1. The lowest BCUT2D eigenvalue weighted by Gasteiger charge is -2.35. The standard InChI is InChI=1S/C21H27N3O3/c1-14-12-23(13-15(2)27-14)20(25)16-8-9-17-18(11-16)22-19-7-5-3-4-6-10-24(19)21(17)26/h8-9,11,14-15H,3-7,10,12-13H2,1-2H3. The van der Waals surface area contributed by atoms with Gasteiger partial charge in [-0.25, -0.2) is 4.98 Å². The molecule has 0 spiro atoms. The number of amides is 1. The van der Waals surface area contributed by atoms with Crippen LogP contribution in [0.15, 0.2) is 23.0 Å². The molecule has 2 aromatic rings. The molecular formula is C21H27N3O3. The smallest absolute Gasteiger partial charge is 0.261 e. The topological polar surface area (TPSA) is 64.4 Å². The molecule has 0 N–H and O–H groups in total. The zero-order valence-corrected chi connectivity index (χ0v) is 16.1. The van der Waals surface area contributed by atoms with Crippen molar-refractivity contribution in [3.63, 3.8) is 0 Å². The van der Waals surface area contributed by atoms with Crippen LogP contribution >= 0.6 is 0 Å². The van der Waals surface area contributed by atoms with Crippen LogP contribution in [-0.4, -0.2) is 45.7 Å². The van der Waals surface area contributed by atoms with Crippen LogP contribution in [0.1, 0.15) is 55.7 Å². The van der Waals surface area contributed by atoms with Crippen LogP contribution in [0.2, 0.25) is 0 Å². The highest BCUT2D eigenvalue weighted by Gasteiger charge is 2.27. The van der Waals surface area contributed by atoms with Gasteiger partial charge in [-0.2, -0.15) is 0 Å². The Morgan fingerprint density at radius 1 is 1.11 bits per heavy atom. The molecule has 144 valence electrons. The van der Waals surface area contributed by atoms with Crippen LogP contribution in [-0.2, 0) is 17.7 Å². The molecule has 6 nitrogen and oxygen atoms in total. The third-order valence-electron chi connectivity index (χ3n) is 5.52. The number of hydrogen-bond donors (Lipinski definition) is 0. The Kier molecular flexibility index (Phi) is 5.00. The van der Waals surface area contributed by atoms with Crippen LogP contribution in [0.5, 0.6) is 0 Å². The highest BCUT2D eigenvalue weighted by Crippen LogP contribution is 2.19. The van der Waals surface area contributed by atoms with E-state index in [-0.39, 0.29) is 23.7 Å². The molecular weight excluding hydrogens is 342 g/mol. The maximum atomic E-state index is 13.0. The third kappa shape index (κ3) is 3.63. The Morgan fingerprint density at radius 2 is 1.85 bits per heavy atom. The lowest BCUT2D eigenvalue weighted by molar-refractivity contribution is -0.0586. The molecule has 1 fully saturated rings. The van der Waals surface area contributed by atoms with Crippen LogP contribution in [0, 0.1) is 0 Å². The van der Waals surface area contributed by atoms with Gasteiger partial charge in [-0.3, -0.25) is 14.2 Å². The Hall–Kier alpha value is -2.21. The fraction of sp³-hybridized carbons (Fsp3) is 0.571. The van der Waals surface area contributed by atoms with Gasteiger partial charge >= 0.3 is 0 Å².